The molecule has 0 saturated carbocycles. The number of carbonyl (C=O) groups is 1. The number of aliphatic hydroxyl groups is 1. The summed E-state index contributed by atoms with van der Waals surface area (Å²) in [6.45, 7) is 3.39. The van der Waals surface area contributed by atoms with Crippen LogP contribution in [0.15, 0.2) is 30.3 Å². The zero-order valence-corrected chi connectivity index (χ0v) is 14.0. The molecule has 0 bridgehead atoms. The van der Waals surface area contributed by atoms with Gasteiger partial charge in [0.05, 0.1) is 6.10 Å². The highest BCUT2D eigenvalue weighted by Gasteiger charge is 2.11. The monoisotopic (exact) mass is 318 g/mol. The van der Waals surface area contributed by atoms with Gasteiger partial charge in [-0.25, -0.2) is 0 Å². The molecule has 1 aromatic rings. The number of hydrogen-bond donors (Lipinski definition) is 2. The first-order valence-corrected chi connectivity index (χ1v) is 8.95. The van der Waals surface area contributed by atoms with Crippen LogP contribution >= 0.6 is 0 Å². The van der Waals surface area contributed by atoms with Crippen molar-refractivity contribution in [3.8, 4) is 0 Å². The fourth-order valence-electron chi connectivity index (χ4n) is 3.07. The smallest absolute Gasteiger partial charge is 0.221 e. The molecule has 0 aliphatic carbocycles. The second-order valence-corrected chi connectivity index (χ2v) is 6.51. The van der Waals surface area contributed by atoms with E-state index in [1.165, 1.54) is 32.1 Å². The van der Waals surface area contributed by atoms with E-state index in [2.05, 4.69) is 10.2 Å². The second-order valence-electron chi connectivity index (χ2n) is 6.51. The van der Waals surface area contributed by atoms with E-state index < -0.39 is 6.10 Å². The fourth-order valence-corrected chi connectivity index (χ4v) is 3.07. The summed E-state index contributed by atoms with van der Waals surface area (Å²) >= 11 is 0. The van der Waals surface area contributed by atoms with Crippen LogP contribution < -0.4 is 5.32 Å². The van der Waals surface area contributed by atoms with Crippen LogP contribution in [0, 0.1) is 0 Å². The van der Waals surface area contributed by atoms with E-state index in [0.29, 0.717) is 19.4 Å². The first kappa shape index (κ1) is 18.0. The van der Waals surface area contributed by atoms with Gasteiger partial charge in [-0.05, 0) is 31.5 Å². The molecule has 2 N–H and O–H groups in total. The Morgan fingerprint density at radius 1 is 1.09 bits per heavy atom. The number of nitrogens with one attached hydrogen (secondary N) is 1. The molecule has 23 heavy (non-hydrogen) atoms. The van der Waals surface area contributed by atoms with E-state index in [-0.39, 0.29) is 5.91 Å². The van der Waals surface area contributed by atoms with Crippen molar-refractivity contribution in [3.63, 3.8) is 0 Å². The van der Waals surface area contributed by atoms with Gasteiger partial charge in [0.1, 0.15) is 0 Å². The fraction of sp³-hybridized carbons (Fsp3) is 0.632. The number of nitrogens with zero attached hydrogens (tertiary/aromatic N) is 1. The Balaban J connectivity index is 1.60. The summed E-state index contributed by atoms with van der Waals surface area (Å²) in [7, 11) is 0. The molecule has 0 spiro atoms. The van der Waals surface area contributed by atoms with Gasteiger partial charge in [-0.2, -0.15) is 0 Å². The Labute approximate surface area is 139 Å². The van der Waals surface area contributed by atoms with Crippen LogP contribution in [0.5, 0.6) is 0 Å². The number of benzene rings is 1. The second kappa shape index (κ2) is 10.4. The summed E-state index contributed by atoms with van der Waals surface area (Å²) in [5.74, 6) is 0.0409. The van der Waals surface area contributed by atoms with E-state index in [1.54, 1.807) is 0 Å². The van der Waals surface area contributed by atoms with E-state index in [9.17, 15) is 9.90 Å². The van der Waals surface area contributed by atoms with Crippen LogP contribution in [-0.2, 0) is 11.2 Å². The van der Waals surface area contributed by atoms with Crippen molar-refractivity contribution >= 4 is 5.91 Å². The normalized spacial score (nSPS) is 18.0. The van der Waals surface area contributed by atoms with Crippen molar-refractivity contribution in [1.29, 1.82) is 0 Å². The zero-order chi connectivity index (χ0) is 16.3. The van der Waals surface area contributed by atoms with Crippen LogP contribution in [-0.4, -0.2) is 48.2 Å². The van der Waals surface area contributed by atoms with Crippen molar-refractivity contribution in [2.75, 3.05) is 26.2 Å². The lowest BCUT2D eigenvalue weighted by Crippen LogP contribution is -2.36. The van der Waals surface area contributed by atoms with Gasteiger partial charge in [-0.1, -0.05) is 49.6 Å². The van der Waals surface area contributed by atoms with Gasteiger partial charge in [-0.3, -0.25) is 4.79 Å². The highest BCUT2D eigenvalue weighted by Crippen LogP contribution is 2.10. The summed E-state index contributed by atoms with van der Waals surface area (Å²) in [4.78, 5) is 14.3. The topological polar surface area (TPSA) is 52.6 Å². The lowest BCUT2D eigenvalue weighted by Gasteiger charge is -2.24. The minimum atomic E-state index is -0.525. The van der Waals surface area contributed by atoms with E-state index in [4.69, 9.17) is 0 Å². The maximum atomic E-state index is 11.9. The average Bonchev–Trinajstić information content (AvgIpc) is 2.53. The predicted molar refractivity (Wildman–Crippen MR) is 93.3 cm³/mol. The number of amides is 1. The summed E-state index contributed by atoms with van der Waals surface area (Å²) in [6, 6.07) is 9.87. The maximum Gasteiger partial charge on any atom is 0.221 e. The summed E-state index contributed by atoms with van der Waals surface area (Å²) in [5, 5.41) is 12.9. The van der Waals surface area contributed by atoms with Crippen molar-refractivity contribution in [2.24, 2.45) is 0 Å². The van der Waals surface area contributed by atoms with Crippen molar-refractivity contribution in [3.05, 3.63) is 35.9 Å². The number of rotatable bonds is 7. The van der Waals surface area contributed by atoms with Crippen LogP contribution in [0.1, 0.15) is 44.1 Å². The SMILES string of the molecule is O=C(CCN1CCCCCCC1)NCC(O)Cc1ccccc1. The van der Waals surface area contributed by atoms with E-state index >= 15 is 0 Å². The molecule has 1 aliphatic rings. The minimum absolute atomic E-state index is 0.0409. The minimum Gasteiger partial charge on any atom is -0.391 e. The molecule has 1 atom stereocenters. The molecule has 1 aromatic carbocycles. The molecule has 1 amide bonds. The summed E-state index contributed by atoms with van der Waals surface area (Å²) in [5.41, 5.74) is 1.09. The molecule has 4 heteroatoms. The number of aliphatic hydroxyl groups excluding tert-OH is 1. The first-order chi connectivity index (χ1) is 11.2. The Morgan fingerprint density at radius 3 is 2.43 bits per heavy atom. The van der Waals surface area contributed by atoms with Crippen LogP contribution in [0.3, 0.4) is 0 Å². The number of hydrogen-bond acceptors (Lipinski definition) is 3. The van der Waals surface area contributed by atoms with Crippen molar-refractivity contribution in [2.45, 2.75) is 51.0 Å². The molecular weight excluding hydrogens is 288 g/mol. The van der Waals surface area contributed by atoms with Gasteiger partial charge in [0, 0.05) is 25.9 Å². The van der Waals surface area contributed by atoms with Crippen LogP contribution in [0.2, 0.25) is 0 Å². The van der Waals surface area contributed by atoms with Crippen molar-refractivity contribution < 1.29 is 9.90 Å². The molecule has 128 valence electrons. The first-order valence-electron chi connectivity index (χ1n) is 8.95. The molecule has 1 heterocycles. The quantitative estimate of drug-likeness (QED) is 0.811. The third-order valence-corrected chi connectivity index (χ3v) is 4.45. The molecule has 0 aromatic heterocycles. The lowest BCUT2D eigenvalue weighted by atomic mass is 10.1. The van der Waals surface area contributed by atoms with Gasteiger partial charge in [0.15, 0.2) is 0 Å². The largest absolute Gasteiger partial charge is 0.391 e. The molecule has 1 unspecified atom stereocenters. The average molecular weight is 318 g/mol. The maximum absolute atomic E-state index is 11.9. The van der Waals surface area contributed by atoms with Crippen LogP contribution in [0.4, 0.5) is 0 Å². The highest BCUT2D eigenvalue weighted by atomic mass is 16.3. The molecule has 1 fully saturated rings. The van der Waals surface area contributed by atoms with Gasteiger partial charge in [-0.15, -0.1) is 0 Å². The summed E-state index contributed by atoms with van der Waals surface area (Å²) < 4.78 is 0. The standard InChI is InChI=1S/C19H30N2O2/c22-18(15-17-9-5-4-6-10-17)16-20-19(23)11-14-21-12-7-2-1-3-8-13-21/h4-6,9-10,18,22H,1-3,7-8,11-16H2,(H,20,23). The Morgan fingerprint density at radius 2 is 1.74 bits per heavy atom. The lowest BCUT2D eigenvalue weighted by molar-refractivity contribution is -0.121. The van der Waals surface area contributed by atoms with Crippen molar-refractivity contribution in [1.82, 2.24) is 10.2 Å². The predicted octanol–water partition coefficient (Wildman–Crippen LogP) is 2.36. The molecule has 1 saturated heterocycles. The third-order valence-electron chi connectivity index (χ3n) is 4.45. The van der Waals surface area contributed by atoms with Gasteiger partial charge < -0.3 is 15.3 Å². The number of carbonyl (C=O) groups excluding carboxylic acids is 1. The third kappa shape index (κ3) is 7.62. The molecule has 2 rings (SSSR count). The number of likely N-dealkylation sites (tertiary alicyclic amines) is 1. The van der Waals surface area contributed by atoms with Gasteiger partial charge >= 0.3 is 0 Å². The molecule has 1 aliphatic heterocycles. The Hall–Kier alpha value is -1.39. The molecule has 4 nitrogen and oxygen atoms in total. The zero-order valence-electron chi connectivity index (χ0n) is 14.0. The van der Waals surface area contributed by atoms with E-state index in [0.717, 1.165) is 25.2 Å². The molecular formula is C19H30N2O2. The highest BCUT2D eigenvalue weighted by molar-refractivity contribution is 5.76. The van der Waals surface area contributed by atoms with Crippen LogP contribution in [0.25, 0.3) is 0 Å². The summed E-state index contributed by atoms with van der Waals surface area (Å²) in [6.07, 6.45) is 7.05. The van der Waals surface area contributed by atoms with Gasteiger partial charge in [0.25, 0.3) is 0 Å². The van der Waals surface area contributed by atoms with E-state index in [1.807, 2.05) is 30.3 Å². The molecule has 0 radical (unpaired) electrons. The Bertz CT molecular complexity index is 442. The van der Waals surface area contributed by atoms with Gasteiger partial charge in [0.2, 0.25) is 5.91 Å². The Kier molecular flexibility index (Phi) is 8.12.